The van der Waals surface area contributed by atoms with Crippen molar-refractivity contribution in [3.8, 4) is 0 Å². The molecule has 0 radical (unpaired) electrons. The first-order chi connectivity index (χ1) is 9.54. The molecule has 0 unspecified atom stereocenters. The molecule has 1 aromatic carbocycles. The highest BCUT2D eigenvalue weighted by Crippen LogP contribution is 2.31. The molecule has 1 aromatic heterocycles. The van der Waals surface area contributed by atoms with E-state index in [-0.39, 0.29) is 27.4 Å². The van der Waals surface area contributed by atoms with E-state index < -0.39 is 5.91 Å². The second-order valence-corrected chi connectivity index (χ2v) is 5.02. The van der Waals surface area contributed by atoms with E-state index in [4.69, 9.17) is 34.8 Å². The predicted molar refractivity (Wildman–Crippen MR) is 79.6 cm³/mol. The molecule has 0 aliphatic carbocycles. The van der Waals surface area contributed by atoms with Gasteiger partial charge in [-0.15, -0.1) is 0 Å². The highest BCUT2D eigenvalue weighted by Gasteiger charge is 2.17. The summed E-state index contributed by atoms with van der Waals surface area (Å²) in [5, 5.41) is 12.1. The fraction of sp³-hybridized carbons (Fsp3) is 0.0769. The van der Waals surface area contributed by atoms with Crippen LogP contribution in [0.3, 0.4) is 0 Å². The highest BCUT2D eigenvalue weighted by atomic mass is 35.5. The number of hydrogen-bond acceptors (Lipinski definition) is 3. The third-order valence-electron chi connectivity index (χ3n) is 2.57. The zero-order chi connectivity index (χ0) is 14.7. The third kappa shape index (κ3) is 3.04. The molecule has 0 aliphatic rings. The molecule has 0 atom stereocenters. The second kappa shape index (κ2) is 6.41. The van der Waals surface area contributed by atoms with Crippen LogP contribution in [-0.4, -0.2) is 16.0 Å². The number of para-hydroxylation sites is 1. The van der Waals surface area contributed by atoms with Crippen LogP contribution in [0.5, 0.6) is 0 Å². The van der Waals surface area contributed by atoms with Crippen LogP contribution in [0.25, 0.3) is 0 Å². The fourth-order valence-corrected chi connectivity index (χ4v) is 2.13. The van der Waals surface area contributed by atoms with Crippen molar-refractivity contribution in [1.29, 1.82) is 0 Å². The molecular formula is C13H9Cl3N2O2. The number of rotatable bonds is 3. The van der Waals surface area contributed by atoms with E-state index in [0.29, 0.717) is 11.3 Å². The van der Waals surface area contributed by atoms with Gasteiger partial charge in [-0.3, -0.25) is 4.79 Å². The quantitative estimate of drug-likeness (QED) is 0.899. The molecule has 20 heavy (non-hydrogen) atoms. The van der Waals surface area contributed by atoms with Crippen molar-refractivity contribution in [2.75, 3.05) is 5.32 Å². The number of halogens is 3. The maximum atomic E-state index is 12.1. The number of amides is 1. The number of anilines is 1. The number of aliphatic hydroxyl groups excluding tert-OH is 1. The zero-order valence-corrected chi connectivity index (χ0v) is 12.3. The number of benzene rings is 1. The maximum absolute atomic E-state index is 12.1. The van der Waals surface area contributed by atoms with Gasteiger partial charge in [0.1, 0.15) is 5.69 Å². The molecule has 0 spiro atoms. The van der Waals surface area contributed by atoms with Crippen molar-refractivity contribution >= 4 is 46.4 Å². The normalized spacial score (nSPS) is 10.4. The number of aliphatic hydroxyl groups is 1. The van der Waals surface area contributed by atoms with Gasteiger partial charge in [-0.25, -0.2) is 4.98 Å². The molecule has 0 saturated carbocycles. The standard InChI is InChI=1S/C13H9Cl3N2O2/c14-8-5-17-12(11(16)10(8)15)13(20)18-9-4-2-1-3-7(9)6-19/h1-5,19H,6H2,(H,18,20). The summed E-state index contributed by atoms with van der Waals surface area (Å²) < 4.78 is 0. The molecule has 7 heteroatoms. The van der Waals surface area contributed by atoms with E-state index in [1.807, 2.05) is 0 Å². The molecule has 2 N–H and O–H groups in total. The van der Waals surface area contributed by atoms with Crippen LogP contribution in [0.1, 0.15) is 16.1 Å². The molecular weight excluding hydrogens is 323 g/mol. The van der Waals surface area contributed by atoms with Crippen LogP contribution >= 0.6 is 34.8 Å². The van der Waals surface area contributed by atoms with Crippen LogP contribution in [0, 0.1) is 0 Å². The minimum Gasteiger partial charge on any atom is -0.392 e. The Balaban J connectivity index is 2.31. The second-order valence-electron chi connectivity index (χ2n) is 3.85. The molecule has 0 aliphatic heterocycles. The maximum Gasteiger partial charge on any atom is 0.275 e. The Morgan fingerprint density at radius 1 is 1.20 bits per heavy atom. The van der Waals surface area contributed by atoms with Gasteiger partial charge in [0.05, 0.1) is 21.7 Å². The van der Waals surface area contributed by atoms with Crippen molar-refractivity contribution in [2.45, 2.75) is 6.61 Å². The summed E-state index contributed by atoms with van der Waals surface area (Å²) in [5.41, 5.74) is 1.02. The Kier molecular flexibility index (Phi) is 4.83. The average Bonchev–Trinajstić information content (AvgIpc) is 2.45. The molecule has 4 nitrogen and oxygen atoms in total. The fourth-order valence-electron chi connectivity index (χ4n) is 1.56. The van der Waals surface area contributed by atoms with Gasteiger partial charge in [0.25, 0.3) is 5.91 Å². The lowest BCUT2D eigenvalue weighted by molar-refractivity contribution is 0.102. The lowest BCUT2D eigenvalue weighted by Gasteiger charge is -2.10. The summed E-state index contributed by atoms with van der Waals surface area (Å²) in [6.07, 6.45) is 1.25. The Morgan fingerprint density at radius 2 is 1.90 bits per heavy atom. The first-order valence-electron chi connectivity index (χ1n) is 5.54. The topological polar surface area (TPSA) is 62.2 Å². The van der Waals surface area contributed by atoms with Crippen molar-refractivity contribution in [3.05, 3.63) is 56.8 Å². The number of nitrogens with one attached hydrogen (secondary N) is 1. The van der Waals surface area contributed by atoms with E-state index in [2.05, 4.69) is 10.3 Å². The smallest absolute Gasteiger partial charge is 0.275 e. The van der Waals surface area contributed by atoms with Crippen molar-refractivity contribution < 1.29 is 9.90 Å². The van der Waals surface area contributed by atoms with Gasteiger partial charge in [0, 0.05) is 17.4 Å². The minimum absolute atomic E-state index is 0.0156. The number of nitrogens with zero attached hydrogens (tertiary/aromatic N) is 1. The Bertz CT molecular complexity index is 662. The molecule has 1 amide bonds. The predicted octanol–water partition coefficient (Wildman–Crippen LogP) is 3.79. The number of carbonyl (C=O) groups excluding carboxylic acids is 1. The third-order valence-corrected chi connectivity index (χ3v) is 3.81. The van der Waals surface area contributed by atoms with Crippen LogP contribution in [0.4, 0.5) is 5.69 Å². The van der Waals surface area contributed by atoms with E-state index in [9.17, 15) is 9.90 Å². The van der Waals surface area contributed by atoms with Gasteiger partial charge in [-0.1, -0.05) is 53.0 Å². The van der Waals surface area contributed by atoms with Crippen LogP contribution in [0.2, 0.25) is 15.1 Å². The first-order valence-corrected chi connectivity index (χ1v) is 6.67. The van der Waals surface area contributed by atoms with E-state index in [1.54, 1.807) is 24.3 Å². The molecule has 104 valence electrons. The van der Waals surface area contributed by atoms with Crippen LogP contribution in [0.15, 0.2) is 30.5 Å². The SMILES string of the molecule is O=C(Nc1ccccc1CO)c1ncc(Cl)c(Cl)c1Cl. The summed E-state index contributed by atoms with van der Waals surface area (Å²) in [5.74, 6) is -0.533. The summed E-state index contributed by atoms with van der Waals surface area (Å²) in [6.45, 7) is -0.195. The van der Waals surface area contributed by atoms with Crippen molar-refractivity contribution in [1.82, 2.24) is 4.98 Å². The van der Waals surface area contributed by atoms with E-state index in [0.717, 1.165) is 0 Å². The Hall–Kier alpha value is -1.33. The summed E-state index contributed by atoms with van der Waals surface area (Å²) in [4.78, 5) is 16.0. The largest absolute Gasteiger partial charge is 0.392 e. The zero-order valence-electron chi connectivity index (χ0n) is 10.0. The molecule has 0 bridgehead atoms. The van der Waals surface area contributed by atoms with Gasteiger partial charge >= 0.3 is 0 Å². The van der Waals surface area contributed by atoms with Crippen molar-refractivity contribution in [2.24, 2.45) is 0 Å². The van der Waals surface area contributed by atoms with Gasteiger partial charge in [0.2, 0.25) is 0 Å². The van der Waals surface area contributed by atoms with Gasteiger partial charge in [-0.05, 0) is 6.07 Å². The summed E-state index contributed by atoms with van der Waals surface area (Å²) >= 11 is 17.6. The Labute approximate surface area is 130 Å². The number of aromatic nitrogens is 1. The van der Waals surface area contributed by atoms with Gasteiger partial charge in [0.15, 0.2) is 0 Å². The van der Waals surface area contributed by atoms with E-state index in [1.165, 1.54) is 6.20 Å². The molecule has 2 rings (SSSR count). The monoisotopic (exact) mass is 330 g/mol. The van der Waals surface area contributed by atoms with Crippen molar-refractivity contribution in [3.63, 3.8) is 0 Å². The number of carbonyl (C=O) groups is 1. The lowest BCUT2D eigenvalue weighted by atomic mass is 10.2. The molecule has 2 aromatic rings. The first kappa shape index (κ1) is 15.1. The van der Waals surface area contributed by atoms with E-state index >= 15 is 0 Å². The molecule has 0 saturated heterocycles. The summed E-state index contributed by atoms with van der Waals surface area (Å²) in [6, 6.07) is 6.85. The highest BCUT2D eigenvalue weighted by molar-refractivity contribution is 6.49. The number of pyridine rings is 1. The lowest BCUT2D eigenvalue weighted by Crippen LogP contribution is -2.15. The average molecular weight is 332 g/mol. The summed E-state index contributed by atoms with van der Waals surface area (Å²) in [7, 11) is 0. The molecule has 0 fully saturated rings. The van der Waals surface area contributed by atoms with Gasteiger partial charge < -0.3 is 10.4 Å². The van der Waals surface area contributed by atoms with Gasteiger partial charge in [-0.2, -0.15) is 0 Å². The van der Waals surface area contributed by atoms with Crippen LogP contribution < -0.4 is 5.32 Å². The molecule has 1 heterocycles. The minimum atomic E-state index is -0.533. The number of hydrogen-bond donors (Lipinski definition) is 2. The Morgan fingerprint density at radius 3 is 2.60 bits per heavy atom. The van der Waals surface area contributed by atoms with Crippen LogP contribution in [-0.2, 0) is 6.61 Å².